The minimum atomic E-state index is -2.22. The molecule has 6 rings (SSSR count). The molecule has 0 atom stereocenters. The molecule has 0 bridgehead atoms. The van der Waals surface area contributed by atoms with E-state index in [1.807, 2.05) is 24.3 Å². The zero-order valence-electron chi connectivity index (χ0n) is 37.4. The van der Waals surface area contributed by atoms with Crippen LogP contribution in [0.15, 0.2) is 36.4 Å². The Hall–Kier alpha value is -3.46. The molecule has 0 saturated carbocycles. The highest BCUT2D eigenvalue weighted by Gasteiger charge is 2.31. The van der Waals surface area contributed by atoms with Crippen LogP contribution in [-0.4, -0.2) is 0 Å². The molecule has 0 aliphatic carbocycles. The van der Waals surface area contributed by atoms with Crippen molar-refractivity contribution in [3.8, 4) is 50.1 Å². The summed E-state index contributed by atoms with van der Waals surface area (Å²) >= 11 is 4.76. The van der Waals surface area contributed by atoms with Gasteiger partial charge in [0.05, 0.1) is 11.1 Å². The van der Waals surface area contributed by atoms with E-state index < -0.39 is 69.3 Å². The fourth-order valence-corrected chi connectivity index (χ4v) is 13.1. The second-order valence-corrected chi connectivity index (χ2v) is 21.3. The summed E-state index contributed by atoms with van der Waals surface area (Å²) in [6.07, 6.45) is 23.4. The van der Waals surface area contributed by atoms with Gasteiger partial charge in [0.25, 0.3) is 0 Å². The second kappa shape index (κ2) is 25.2. The molecular weight excluding hydrogens is 943 g/mol. The van der Waals surface area contributed by atoms with Crippen LogP contribution in [0.3, 0.4) is 0 Å². The van der Waals surface area contributed by atoms with E-state index >= 15 is 8.78 Å². The number of halogens is 10. The third-order valence-electron chi connectivity index (χ3n) is 12.0. The molecule has 14 heteroatoms. The fourth-order valence-electron chi connectivity index (χ4n) is 8.32. The first-order valence-corrected chi connectivity index (χ1v) is 26.6. The van der Waals surface area contributed by atoms with Crippen LogP contribution in [-0.2, 0) is 12.8 Å². The van der Waals surface area contributed by atoms with Crippen molar-refractivity contribution in [2.45, 2.75) is 155 Å². The van der Waals surface area contributed by atoms with Gasteiger partial charge < -0.3 is 0 Å². The van der Waals surface area contributed by atoms with Crippen LogP contribution in [0.1, 0.15) is 153 Å². The summed E-state index contributed by atoms with van der Waals surface area (Å²) in [4.78, 5) is 4.35. The van der Waals surface area contributed by atoms with Crippen molar-refractivity contribution < 1.29 is 43.9 Å². The highest BCUT2D eigenvalue weighted by molar-refractivity contribution is 7.29. The Morgan fingerprint density at radius 3 is 1.02 bits per heavy atom. The van der Waals surface area contributed by atoms with Gasteiger partial charge in [0.15, 0.2) is 46.5 Å². The Balaban J connectivity index is 1.29. The van der Waals surface area contributed by atoms with Gasteiger partial charge in [-0.25, -0.2) is 43.9 Å². The van der Waals surface area contributed by atoms with E-state index in [0.717, 1.165) is 101 Å². The second-order valence-electron chi connectivity index (χ2n) is 17.0. The Bertz CT molecular complexity index is 2450. The van der Waals surface area contributed by atoms with Gasteiger partial charge in [0, 0.05) is 39.0 Å². The van der Waals surface area contributed by atoms with Gasteiger partial charge in [0.2, 0.25) is 11.6 Å². The molecule has 0 nitrogen and oxygen atoms in total. The SMILES string of the molecule is CCCCCCCCCCCCc1cc(-c2cc(CCCCCCCCCCCC)c(-c3c(F)c(F)c(F)c(F)c3F)s2)sc1-c1ccc(-c2ccc(-c3c(F)c(F)c(F)c(F)c3F)s2)s1. The van der Waals surface area contributed by atoms with Crippen LogP contribution in [0.5, 0.6) is 0 Å². The molecule has 2 aromatic carbocycles. The summed E-state index contributed by atoms with van der Waals surface area (Å²) in [6.45, 7) is 4.38. The number of unbranched alkanes of at least 4 members (excludes halogenated alkanes) is 18. The van der Waals surface area contributed by atoms with E-state index in [0.29, 0.717) is 33.0 Å². The summed E-state index contributed by atoms with van der Waals surface area (Å²) in [7, 11) is 0. The number of aryl methyl sites for hydroxylation is 2. The van der Waals surface area contributed by atoms with Gasteiger partial charge in [-0.2, -0.15) is 0 Å². The highest BCUT2D eigenvalue weighted by Crippen LogP contribution is 2.49. The first-order valence-electron chi connectivity index (χ1n) is 23.4. The Labute approximate surface area is 398 Å². The Kier molecular flexibility index (Phi) is 19.9. The van der Waals surface area contributed by atoms with E-state index in [2.05, 4.69) is 13.8 Å². The van der Waals surface area contributed by atoms with Crippen molar-refractivity contribution in [3.05, 3.63) is 106 Å². The van der Waals surface area contributed by atoms with Crippen molar-refractivity contribution in [1.82, 2.24) is 0 Å². The molecule has 0 spiro atoms. The predicted octanol–water partition coefficient (Wildman–Crippen LogP) is 20.6. The largest absolute Gasteiger partial charge is 0.203 e. The molecule has 0 saturated heterocycles. The molecule has 0 amide bonds. The van der Waals surface area contributed by atoms with Gasteiger partial charge in [-0.15, -0.1) is 45.3 Å². The van der Waals surface area contributed by atoms with Crippen LogP contribution in [0.2, 0.25) is 0 Å². The third kappa shape index (κ3) is 12.6. The maximum absolute atomic E-state index is 15.5. The maximum atomic E-state index is 15.5. The lowest BCUT2D eigenvalue weighted by atomic mass is 10.0. The predicted molar refractivity (Wildman–Crippen MR) is 256 cm³/mol. The first kappa shape index (κ1) is 51.9. The van der Waals surface area contributed by atoms with Crippen molar-refractivity contribution in [2.75, 3.05) is 0 Å². The Morgan fingerprint density at radius 2 is 0.591 bits per heavy atom. The lowest BCUT2D eigenvalue weighted by Gasteiger charge is -2.09. The van der Waals surface area contributed by atoms with Crippen LogP contribution < -0.4 is 0 Å². The van der Waals surface area contributed by atoms with Crippen molar-refractivity contribution in [3.63, 3.8) is 0 Å². The van der Waals surface area contributed by atoms with Crippen molar-refractivity contribution in [2.24, 2.45) is 0 Å². The van der Waals surface area contributed by atoms with E-state index in [1.165, 1.54) is 99.4 Å². The van der Waals surface area contributed by atoms with Gasteiger partial charge in [-0.3, -0.25) is 0 Å². The Morgan fingerprint density at radius 1 is 0.288 bits per heavy atom. The van der Waals surface area contributed by atoms with Gasteiger partial charge in [-0.1, -0.05) is 129 Å². The van der Waals surface area contributed by atoms with Crippen LogP contribution in [0, 0.1) is 58.2 Å². The number of rotatable bonds is 27. The van der Waals surface area contributed by atoms with E-state index in [1.54, 1.807) is 6.07 Å². The fraction of sp³-hybridized carbons (Fsp3) is 0.462. The van der Waals surface area contributed by atoms with Crippen LogP contribution in [0.4, 0.5) is 43.9 Å². The number of hydrogen-bond donors (Lipinski definition) is 0. The first-order chi connectivity index (χ1) is 31.9. The molecule has 4 aromatic heterocycles. The maximum Gasteiger partial charge on any atom is 0.200 e. The van der Waals surface area contributed by atoms with Gasteiger partial charge >= 0.3 is 0 Å². The third-order valence-corrected chi connectivity index (χ3v) is 17.2. The minimum absolute atomic E-state index is 0.0145. The lowest BCUT2D eigenvalue weighted by Crippen LogP contribution is -2.04. The quantitative estimate of drug-likeness (QED) is 0.0209. The zero-order valence-corrected chi connectivity index (χ0v) is 40.7. The average molecular weight is 999 g/mol. The van der Waals surface area contributed by atoms with E-state index in [4.69, 9.17) is 0 Å². The monoisotopic (exact) mass is 998 g/mol. The zero-order chi connectivity index (χ0) is 47.3. The minimum Gasteiger partial charge on any atom is -0.203 e. The highest BCUT2D eigenvalue weighted by atomic mass is 32.1. The van der Waals surface area contributed by atoms with E-state index in [-0.39, 0.29) is 9.75 Å². The molecular formula is C52H56F10S4. The number of hydrogen-bond acceptors (Lipinski definition) is 4. The van der Waals surface area contributed by atoms with Crippen molar-refractivity contribution in [1.29, 1.82) is 0 Å². The van der Waals surface area contributed by atoms with Gasteiger partial charge in [-0.05, 0) is 73.2 Å². The van der Waals surface area contributed by atoms with Crippen LogP contribution >= 0.6 is 45.3 Å². The van der Waals surface area contributed by atoms with Gasteiger partial charge in [0.1, 0.15) is 0 Å². The van der Waals surface area contributed by atoms with Crippen molar-refractivity contribution >= 4 is 45.3 Å². The smallest absolute Gasteiger partial charge is 0.200 e. The molecule has 6 aromatic rings. The standard InChI is InChI=1S/C52H56F10S4/c1-3-5-7-9-11-13-15-17-19-21-23-31-29-37(65-51(31)36-28-26-34(64-36)33-25-27-35(63-33)39-41(53)45(57)49(61)46(58)42(39)54)38-30-32(24-22-20-18-16-14-12-10-8-6-4-2)52(66-38)40-43(55)47(59)50(62)48(60)44(40)56/h25-30H,3-24H2,1-2H3. The molecule has 0 aliphatic heterocycles. The summed E-state index contributed by atoms with van der Waals surface area (Å²) < 4.78 is 146. The average Bonchev–Trinajstić information content (AvgIpc) is 4.15. The molecule has 0 N–H and O–H groups in total. The molecule has 0 unspecified atom stereocenters. The number of benzene rings is 2. The molecule has 66 heavy (non-hydrogen) atoms. The lowest BCUT2D eigenvalue weighted by molar-refractivity contribution is 0.381. The molecule has 358 valence electrons. The normalized spacial score (nSPS) is 11.8. The summed E-state index contributed by atoms with van der Waals surface area (Å²) in [5, 5.41) is 0. The molecule has 0 aliphatic rings. The van der Waals surface area contributed by atoms with E-state index in [9.17, 15) is 35.1 Å². The molecule has 0 radical (unpaired) electrons. The van der Waals surface area contributed by atoms with Crippen LogP contribution in [0.25, 0.3) is 50.1 Å². The summed E-state index contributed by atoms with van der Waals surface area (Å²) in [5.41, 5.74) is -0.366. The summed E-state index contributed by atoms with van der Waals surface area (Å²) in [6, 6.07) is 10.5. The molecule has 0 fully saturated rings. The number of thiophene rings is 4. The topological polar surface area (TPSA) is 0 Å². The summed E-state index contributed by atoms with van der Waals surface area (Å²) in [5.74, 6) is -20.0. The molecule has 4 heterocycles.